The number of likely N-dealkylation sites (N-methyl/N-ethyl adjacent to an activating group) is 1. The molecule has 320 valence electrons. The zero-order valence-corrected chi connectivity index (χ0v) is 35.8. The Bertz CT molecular complexity index is 2370. The molecule has 8 atom stereocenters. The Morgan fingerprint density at radius 3 is 2.49 bits per heavy atom. The van der Waals surface area contributed by atoms with Crippen LogP contribution in [-0.4, -0.2) is 102 Å². The van der Waals surface area contributed by atoms with Gasteiger partial charge in [0.2, 0.25) is 18.6 Å². The zero-order valence-electron chi connectivity index (χ0n) is 35.0. The molecule has 3 N–H and O–H groups in total. The molecule has 0 spiro atoms. The van der Waals surface area contributed by atoms with E-state index in [1.807, 2.05) is 50.4 Å². The number of methoxy groups -OCH3 is 1. The van der Waals surface area contributed by atoms with Crippen LogP contribution in [0.25, 0.3) is 6.08 Å². The van der Waals surface area contributed by atoms with Gasteiger partial charge in [0.25, 0.3) is 0 Å². The number of nitrogens with one attached hydrogen (secondary N) is 2. The van der Waals surface area contributed by atoms with Crippen LogP contribution in [0.5, 0.6) is 28.7 Å². The number of nitrogens with zero attached hydrogens (tertiary/aromatic N) is 3. The highest BCUT2D eigenvalue weighted by Gasteiger charge is 2.61. The van der Waals surface area contributed by atoms with E-state index in [9.17, 15) is 29.5 Å². The number of thioether (sulfide) groups is 1. The maximum absolute atomic E-state index is 14.2. The lowest BCUT2D eigenvalue weighted by atomic mass is 9.71. The summed E-state index contributed by atoms with van der Waals surface area (Å²) in [5.74, 6) is -1.25. The number of piperazine rings is 1. The van der Waals surface area contributed by atoms with Gasteiger partial charge in [-0.25, -0.2) is 4.79 Å². The molecule has 2 unspecified atom stereocenters. The molecule has 0 aliphatic carbocycles. The van der Waals surface area contributed by atoms with Crippen molar-refractivity contribution in [2.45, 2.75) is 88.6 Å². The molecule has 0 aromatic heterocycles. The molecule has 4 bridgehead atoms. The van der Waals surface area contributed by atoms with Crippen LogP contribution in [0.4, 0.5) is 0 Å². The Kier molecular flexibility index (Phi) is 11.4. The van der Waals surface area contributed by atoms with Crippen LogP contribution in [0.3, 0.4) is 0 Å². The van der Waals surface area contributed by atoms with E-state index in [0.29, 0.717) is 45.9 Å². The average molecular weight is 852 g/mol. The minimum Gasteiger partial charge on any atom is -0.504 e. The molecule has 3 aromatic rings. The van der Waals surface area contributed by atoms with Gasteiger partial charge in [-0.1, -0.05) is 50.2 Å². The van der Waals surface area contributed by atoms with Crippen LogP contribution in [0.1, 0.15) is 77.0 Å². The van der Waals surface area contributed by atoms with Gasteiger partial charge in [-0.3, -0.25) is 24.2 Å². The first-order valence-electron chi connectivity index (χ1n) is 20.3. The van der Waals surface area contributed by atoms with Gasteiger partial charge in [0.05, 0.1) is 30.5 Å². The van der Waals surface area contributed by atoms with Crippen molar-refractivity contribution in [2.75, 3.05) is 33.3 Å². The van der Waals surface area contributed by atoms with Crippen molar-refractivity contribution in [3.8, 4) is 34.8 Å². The summed E-state index contributed by atoms with van der Waals surface area (Å²) < 4.78 is 30.1. The van der Waals surface area contributed by atoms with Crippen molar-refractivity contribution in [2.24, 2.45) is 5.92 Å². The van der Waals surface area contributed by atoms with E-state index in [1.54, 1.807) is 26.8 Å². The number of hydrogen-bond acceptors (Lipinski definition) is 14. The summed E-state index contributed by atoms with van der Waals surface area (Å²) in [6, 6.07) is 8.69. The fourth-order valence-corrected chi connectivity index (χ4v) is 11.3. The van der Waals surface area contributed by atoms with Crippen molar-refractivity contribution in [1.82, 2.24) is 20.4 Å². The third-order valence-electron chi connectivity index (χ3n) is 12.4. The summed E-state index contributed by atoms with van der Waals surface area (Å²) >= 11 is 1.34. The summed E-state index contributed by atoms with van der Waals surface area (Å²) in [5.41, 5.74) is 4.85. The number of carbonyl (C=O) groups excluding carboxylic acids is 4. The molecule has 2 amide bonds. The van der Waals surface area contributed by atoms with Gasteiger partial charge in [0.1, 0.15) is 30.5 Å². The van der Waals surface area contributed by atoms with E-state index in [0.717, 1.165) is 16.7 Å². The SMILES string of the molecule is COc1c(C)cc2c(c1O)[C@@H]1C3[C@@H]4SC[C@H](NC(=O)C(NC(=O)/C=C/c5ccccc5)C(C)C)C(=O)OC[C@@H](c5c6c(c(C)c(OC(C)=O)c54)OCO6)N3[C@@H](C#N)[C@H](C2)N1C. The maximum atomic E-state index is 14.2. The van der Waals surface area contributed by atoms with Crippen LogP contribution in [-0.2, 0) is 30.3 Å². The topological polar surface area (TPSA) is 189 Å². The smallest absolute Gasteiger partial charge is 0.329 e. The highest BCUT2D eigenvalue weighted by molar-refractivity contribution is 7.99. The van der Waals surface area contributed by atoms with Gasteiger partial charge in [0, 0.05) is 53.1 Å². The lowest BCUT2D eigenvalue weighted by Crippen LogP contribution is -2.69. The molecule has 6 heterocycles. The van der Waals surface area contributed by atoms with E-state index >= 15 is 0 Å². The van der Waals surface area contributed by atoms with E-state index < -0.39 is 65.3 Å². The Balaban J connectivity index is 1.23. The molecule has 16 heteroatoms. The minimum absolute atomic E-state index is 0.000353. The van der Waals surface area contributed by atoms with Crippen molar-refractivity contribution in [1.29, 1.82) is 5.26 Å². The van der Waals surface area contributed by atoms with E-state index in [2.05, 4.69) is 26.5 Å². The third kappa shape index (κ3) is 7.21. The third-order valence-corrected chi connectivity index (χ3v) is 13.8. The normalized spacial score (nSPS) is 25.7. The molecule has 3 aromatic carbocycles. The number of phenols is 1. The van der Waals surface area contributed by atoms with Gasteiger partial charge in [0.15, 0.2) is 23.0 Å². The lowest BCUT2D eigenvalue weighted by molar-refractivity contribution is -0.152. The number of aryl methyl sites for hydroxylation is 1. The predicted molar refractivity (Wildman–Crippen MR) is 224 cm³/mol. The molecule has 2 fully saturated rings. The fraction of sp³-hybridized carbons (Fsp3) is 0.444. The second-order valence-corrected chi connectivity index (χ2v) is 17.6. The van der Waals surface area contributed by atoms with Crippen molar-refractivity contribution >= 4 is 41.6 Å². The Morgan fingerprint density at radius 1 is 1.07 bits per heavy atom. The molecule has 6 aliphatic heterocycles. The maximum Gasteiger partial charge on any atom is 0.329 e. The number of phenolic OH excluding ortho intramolecular Hbond substituents is 1. The number of ether oxygens (including phenoxy) is 5. The van der Waals surface area contributed by atoms with E-state index in [1.165, 1.54) is 31.9 Å². The molecule has 0 radical (unpaired) electrons. The first kappa shape index (κ1) is 42.0. The quantitative estimate of drug-likeness (QED) is 0.162. The fourth-order valence-electron chi connectivity index (χ4n) is 9.80. The summed E-state index contributed by atoms with van der Waals surface area (Å²) in [7, 11) is 3.46. The Morgan fingerprint density at radius 2 is 1.80 bits per heavy atom. The van der Waals surface area contributed by atoms with Crippen LogP contribution in [0.15, 0.2) is 42.5 Å². The van der Waals surface area contributed by atoms with Gasteiger partial charge in [-0.2, -0.15) is 5.26 Å². The molecular formula is C45H49N5O10S. The number of carbonyl (C=O) groups is 4. The van der Waals surface area contributed by atoms with Gasteiger partial charge in [-0.05, 0) is 56.0 Å². The van der Waals surface area contributed by atoms with Crippen LogP contribution in [0, 0.1) is 31.1 Å². The van der Waals surface area contributed by atoms with Gasteiger partial charge >= 0.3 is 11.9 Å². The summed E-state index contributed by atoms with van der Waals surface area (Å²) in [4.78, 5) is 58.5. The van der Waals surface area contributed by atoms with Crippen LogP contribution in [0.2, 0.25) is 0 Å². The number of fused-ring (bicyclic) bond motifs is 10. The lowest BCUT2D eigenvalue weighted by Gasteiger charge is -2.61. The molecular weight excluding hydrogens is 803 g/mol. The van der Waals surface area contributed by atoms with E-state index in [4.69, 9.17) is 23.7 Å². The number of benzene rings is 3. The standard InChI is InChI=1S/C45H49N5O10S/c1-21(2)35(48-31(52)14-13-25-11-9-8-10-12-25)44(54)47-27-19-61-43-34-33(42-41(58-20-59-42)23(4)40(34)60-24(5)51)30(18-57-45(27)55)50-29(17-46)28-16-26-15-22(3)39(56-7)38(53)32(26)36(37(43)50)49(28)6/h8-15,21,27-30,35-37,43,53H,16,18-20H2,1-7H3,(H,47,54)(H,48,52)/b14-13+/t27-,28-,29-,30-,35?,36+,37?,43+/m0/s1. The first-order valence-corrected chi connectivity index (χ1v) is 21.3. The Labute approximate surface area is 358 Å². The average Bonchev–Trinajstić information content (AvgIpc) is 3.72. The van der Waals surface area contributed by atoms with Crippen molar-refractivity contribution in [3.63, 3.8) is 0 Å². The number of aromatic hydroxyl groups is 1. The van der Waals surface area contributed by atoms with Gasteiger partial charge < -0.3 is 39.4 Å². The molecule has 9 rings (SSSR count). The molecule has 61 heavy (non-hydrogen) atoms. The Hall–Kier alpha value is -5.76. The molecule has 2 saturated heterocycles. The highest BCUT2D eigenvalue weighted by atomic mass is 32.2. The number of esters is 2. The molecule has 15 nitrogen and oxygen atoms in total. The number of amides is 2. The van der Waals surface area contributed by atoms with Crippen molar-refractivity contribution < 1.29 is 48.0 Å². The highest BCUT2D eigenvalue weighted by Crippen LogP contribution is 2.64. The summed E-state index contributed by atoms with van der Waals surface area (Å²) in [6.45, 7) is 8.20. The van der Waals surface area contributed by atoms with E-state index in [-0.39, 0.29) is 42.6 Å². The second-order valence-electron chi connectivity index (χ2n) is 16.4. The number of rotatable bonds is 8. The monoisotopic (exact) mass is 851 g/mol. The number of nitriles is 1. The van der Waals surface area contributed by atoms with Crippen molar-refractivity contribution in [3.05, 3.63) is 81.4 Å². The van der Waals surface area contributed by atoms with Crippen LogP contribution < -0.4 is 29.6 Å². The second kappa shape index (κ2) is 16.6. The first-order chi connectivity index (χ1) is 29.2. The number of hydrogen-bond donors (Lipinski definition) is 3. The molecule has 0 saturated carbocycles. The summed E-state index contributed by atoms with van der Waals surface area (Å²) in [6.07, 6.45) is 3.46. The van der Waals surface area contributed by atoms with Gasteiger partial charge in [-0.15, -0.1) is 11.8 Å². The summed E-state index contributed by atoms with van der Waals surface area (Å²) in [5, 5.41) is 28.1. The predicted octanol–water partition coefficient (Wildman–Crippen LogP) is 4.57. The minimum atomic E-state index is -1.17. The largest absolute Gasteiger partial charge is 0.504 e. The zero-order chi connectivity index (χ0) is 43.4. The van der Waals surface area contributed by atoms with Crippen LogP contribution >= 0.6 is 11.8 Å². The molecule has 6 aliphatic rings.